The fourth-order valence-corrected chi connectivity index (χ4v) is 3.35. The molecule has 0 heterocycles. The molecule has 0 spiro atoms. The average Bonchev–Trinajstić information content (AvgIpc) is 3.50. The highest BCUT2D eigenvalue weighted by atomic mass is 16.5. The highest BCUT2D eigenvalue weighted by Crippen LogP contribution is 2.39. The first-order valence-electron chi connectivity index (χ1n) is 11.9. The van der Waals surface area contributed by atoms with Crippen LogP contribution in [0.15, 0.2) is 82.2 Å². The Bertz CT molecular complexity index is 1050. The van der Waals surface area contributed by atoms with Gasteiger partial charge < -0.3 is 16.2 Å². The van der Waals surface area contributed by atoms with E-state index in [1.165, 1.54) is 0 Å². The number of nitrogens with two attached hydrogens (primary N) is 2. The first-order chi connectivity index (χ1) is 16.3. The number of rotatable bonds is 14. The molecule has 1 aromatic rings. The van der Waals surface area contributed by atoms with E-state index >= 15 is 0 Å². The molecule has 34 heavy (non-hydrogen) atoms. The fraction of sp³-hybridized carbons (Fsp3) is 0.393. The van der Waals surface area contributed by atoms with Crippen LogP contribution < -0.4 is 16.2 Å². The topological polar surface area (TPSA) is 103 Å². The van der Waals surface area contributed by atoms with Crippen molar-refractivity contribution >= 4 is 17.0 Å². The molecule has 0 aromatic heterocycles. The number of benzene rings is 1. The molecule has 0 saturated heterocycles. The van der Waals surface area contributed by atoms with Crippen molar-refractivity contribution in [1.29, 1.82) is 0 Å². The summed E-state index contributed by atoms with van der Waals surface area (Å²) in [5, 5.41) is 3.22. The van der Waals surface area contributed by atoms with E-state index < -0.39 is 5.54 Å². The molecule has 6 nitrogen and oxygen atoms in total. The van der Waals surface area contributed by atoms with Crippen LogP contribution in [0, 0.1) is 4.91 Å². The second-order valence-electron chi connectivity index (χ2n) is 8.66. The molecule has 0 amide bonds. The number of hydrogen-bond acceptors (Lipinski definition) is 6. The van der Waals surface area contributed by atoms with Gasteiger partial charge in [-0.2, -0.15) is 0 Å². The van der Waals surface area contributed by atoms with Gasteiger partial charge >= 0.3 is 0 Å². The molecule has 0 fully saturated rings. The van der Waals surface area contributed by atoms with Crippen LogP contribution in [0.4, 0.5) is 5.69 Å². The Kier molecular flexibility index (Phi) is 10.2. The number of anilines is 1. The van der Waals surface area contributed by atoms with Gasteiger partial charge in [0.05, 0.1) is 5.71 Å². The second-order valence-corrected chi connectivity index (χ2v) is 8.66. The lowest BCUT2D eigenvalue weighted by Gasteiger charge is -2.13. The summed E-state index contributed by atoms with van der Waals surface area (Å²) in [6.45, 7) is 13.3. The zero-order valence-electron chi connectivity index (χ0n) is 20.9. The Hall–Kier alpha value is -3.25. The predicted octanol–water partition coefficient (Wildman–Crippen LogP) is 6.51. The molecular weight excluding hydrogens is 424 g/mol. The number of nitrogen functional groups attached to an aromatic ring is 1. The van der Waals surface area contributed by atoms with E-state index in [0.29, 0.717) is 30.3 Å². The van der Waals surface area contributed by atoms with Gasteiger partial charge in [-0.05, 0) is 56.0 Å². The van der Waals surface area contributed by atoms with Crippen molar-refractivity contribution in [2.45, 2.75) is 58.9 Å². The first kappa shape index (κ1) is 27.0. The van der Waals surface area contributed by atoms with E-state index in [9.17, 15) is 4.91 Å². The summed E-state index contributed by atoms with van der Waals surface area (Å²) in [6.07, 6.45) is 13.8. The summed E-state index contributed by atoms with van der Waals surface area (Å²) in [6, 6.07) is 5.50. The molecule has 6 heteroatoms. The fourth-order valence-electron chi connectivity index (χ4n) is 3.35. The number of aliphatic imine (C=N–C) groups is 1. The maximum Gasteiger partial charge on any atom is 0.145 e. The lowest BCUT2D eigenvalue weighted by atomic mass is 10.0. The van der Waals surface area contributed by atoms with E-state index in [1.54, 1.807) is 13.0 Å². The van der Waals surface area contributed by atoms with Gasteiger partial charge in [0.15, 0.2) is 0 Å². The molecule has 0 bridgehead atoms. The molecule has 1 aliphatic carbocycles. The molecule has 0 radical (unpaired) electrons. The standard InChI is InChI=1S/C28H38N4O2/c1-6-8-10-22(19-29)12-11-20(3)24-14-13-23(30)17-27(24)34-21(4)16-26(31-15-9-7-2)25-18-28(25,5)32-33/h10-14,16-18H,3,6-9,15,19,29-30H2,1-2,4-5H3/b12-11-,21-16+,22-10+,31-26?. The van der Waals surface area contributed by atoms with Crippen LogP contribution in [0.3, 0.4) is 0 Å². The van der Waals surface area contributed by atoms with Gasteiger partial charge in [-0.1, -0.05) is 56.7 Å². The van der Waals surface area contributed by atoms with Crippen molar-refractivity contribution in [2.24, 2.45) is 15.9 Å². The third-order valence-electron chi connectivity index (χ3n) is 5.54. The molecule has 1 aliphatic rings. The smallest absolute Gasteiger partial charge is 0.145 e. The van der Waals surface area contributed by atoms with Crippen molar-refractivity contribution in [1.82, 2.24) is 0 Å². The summed E-state index contributed by atoms with van der Waals surface area (Å²) in [4.78, 5) is 15.9. The highest BCUT2D eigenvalue weighted by molar-refractivity contribution is 6.14. The number of nitrogens with zero attached hydrogens (tertiary/aromatic N) is 2. The Balaban J connectivity index is 2.28. The Morgan fingerprint density at radius 3 is 2.62 bits per heavy atom. The summed E-state index contributed by atoms with van der Waals surface area (Å²) in [7, 11) is 0. The Labute approximate surface area is 203 Å². The molecule has 182 valence electrons. The molecular formula is C28H38N4O2. The number of ether oxygens (including phenoxy) is 1. The number of unbranched alkanes of at least 4 members (excludes halogenated alkanes) is 2. The van der Waals surface area contributed by atoms with Crippen LogP contribution in [0.5, 0.6) is 5.75 Å². The zero-order valence-corrected chi connectivity index (χ0v) is 20.9. The normalized spacial score (nSPS) is 18.7. The lowest BCUT2D eigenvalue weighted by molar-refractivity contribution is 0.428. The summed E-state index contributed by atoms with van der Waals surface area (Å²) < 4.78 is 6.19. The van der Waals surface area contributed by atoms with Crippen molar-refractivity contribution in [3.05, 3.63) is 82.5 Å². The van der Waals surface area contributed by atoms with Crippen LogP contribution in [0.2, 0.25) is 0 Å². The molecule has 0 saturated carbocycles. The van der Waals surface area contributed by atoms with Gasteiger partial charge in [-0.25, -0.2) is 0 Å². The molecule has 1 aromatic carbocycles. The van der Waals surface area contributed by atoms with Gasteiger partial charge in [0, 0.05) is 42.1 Å². The summed E-state index contributed by atoms with van der Waals surface area (Å²) in [5.41, 5.74) is 16.0. The third-order valence-corrected chi connectivity index (χ3v) is 5.54. The van der Waals surface area contributed by atoms with E-state index in [1.807, 2.05) is 43.4 Å². The van der Waals surface area contributed by atoms with E-state index in [2.05, 4.69) is 36.7 Å². The minimum Gasteiger partial charge on any atom is -0.461 e. The maximum absolute atomic E-state index is 11.2. The number of nitroso groups, excluding NO2 is 1. The van der Waals surface area contributed by atoms with Crippen LogP contribution >= 0.6 is 0 Å². The second kappa shape index (κ2) is 12.8. The van der Waals surface area contributed by atoms with Gasteiger partial charge in [0.25, 0.3) is 0 Å². The van der Waals surface area contributed by atoms with Gasteiger partial charge in [-0.3, -0.25) is 4.99 Å². The molecule has 1 atom stereocenters. The highest BCUT2D eigenvalue weighted by Gasteiger charge is 2.43. The summed E-state index contributed by atoms with van der Waals surface area (Å²) in [5.74, 6) is 1.23. The quantitative estimate of drug-likeness (QED) is 0.0821. The van der Waals surface area contributed by atoms with Crippen molar-refractivity contribution < 1.29 is 4.74 Å². The van der Waals surface area contributed by atoms with Crippen molar-refractivity contribution in [3.8, 4) is 5.75 Å². The van der Waals surface area contributed by atoms with E-state index in [0.717, 1.165) is 53.7 Å². The minimum atomic E-state index is -0.783. The van der Waals surface area contributed by atoms with Crippen LogP contribution in [0.25, 0.3) is 5.57 Å². The summed E-state index contributed by atoms with van der Waals surface area (Å²) >= 11 is 0. The lowest BCUT2D eigenvalue weighted by Crippen LogP contribution is -2.10. The number of hydrogen-bond donors (Lipinski definition) is 2. The molecule has 0 aliphatic heterocycles. The Morgan fingerprint density at radius 1 is 1.24 bits per heavy atom. The average molecular weight is 463 g/mol. The monoisotopic (exact) mass is 462 g/mol. The largest absolute Gasteiger partial charge is 0.461 e. The Morgan fingerprint density at radius 2 is 2.00 bits per heavy atom. The SMILES string of the molecule is C=C(/C=C\C(=C/CCC)CN)c1ccc(N)cc1O/C(C)=C/C(=NCCCC)C1=CC1(C)N=O. The number of allylic oxidation sites excluding steroid dienone is 5. The van der Waals surface area contributed by atoms with E-state index in [4.69, 9.17) is 16.2 Å². The van der Waals surface area contributed by atoms with Crippen LogP contribution in [-0.2, 0) is 0 Å². The minimum absolute atomic E-state index is 0.473. The van der Waals surface area contributed by atoms with Crippen molar-refractivity contribution in [3.63, 3.8) is 0 Å². The van der Waals surface area contributed by atoms with Crippen LogP contribution in [0.1, 0.15) is 58.9 Å². The first-order valence-corrected chi connectivity index (χ1v) is 11.9. The maximum atomic E-state index is 11.2. The van der Waals surface area contributed by atoms with E-state index in [-0.39, 0.29) is 0 Å². The molecule has 1 unspecified atom stereocenters. The predicted molar refractivity (Wildman–Crippen MR) is 145 cm³/mol. The van der Waals surface area contributed by atoms with Gasteiger partial charge in [-0.15, -0.1) is 4.91 Å². The van der Waals surface area contributed by atoms with Crippen molar-refractivity contribution in [2.75, 3.05) is 18.8 Å². The van der Waals surface area contributed by atoms with Crippen LogP contribution in [-0.4, -0.2) is 24.3 Å². The molecule has 4 N–H and O–H groups in total. The zero-order chi connectivity index (χ0) is 25.1. The molecule has 2 rings (SSSR count). The third kappa shape index (κ3) is 7.66. The van der Waals surface area contributed by atoms with Gasteiger partial charge in [0.1, 0.15) is 17.0 Å². The van der Waals surface area contributed by atoms with Gasteiger partial charge in [0.2, 0.25) is 0 Å².